The Morgan fingerprint density at radius 3 is 2.63 bits per heavy atom. The van der Waals surface area contributed by atoms with Crippen LogP contribution in [0.1, 0.15) is 41.4 Å². The number of rotatable bonds is 6. The van der Waals surface area contributed by atoms with Crippen molar-refractivity contribution in [3.63, 3.8) is 0 Å². The van der Waals surface area contributed by atoms with Crippen LogP contribution in [0.4, 0.5) is 0 Å². The monoisotopic (exact) mass is 386 g/mol. The number of carbonyl (C=O) groups excluding carboxylic acids is 1. The molecule has 1 amide bonds. The van der Waals surface area contributed by atoms with Crippen molar-refractivity contribution in [3.05, 3.63) is 39.9 Å². The number of aromatic nitrogens is 5. The maximum atomic E-state index is 12.4. The Bertz CT molecular complexity index is 1020. The largest absolute Gasteiger partial charge is 0.353 e. The summed E-state index contributed by atoms with van der Waals surface area (Å²) in [5.41, 5.74) is 4.75. The van der Waals surface area contributed by atoms with Gasteiger partial charge in [0, 0.05) is 18.1 Å². The highest BCUT2D eigenvalue weighted by Crippen LogP contribution is 2.43. The van der Waals surface area contributed by atoms with Crippen LogP contribution in [0.5, 0.6) is 0 Å². The summed E-state index contributed by atoms with van der Waals surface area (Å²) >= 11 is 6.16. The van der Waals surface area contributed by atoms with Crippen LogP contribution in [0.2, 0.25) is 5.02 Å². The molecule has 0 atom stereocenters. The normalized spacial score (nSPS) is 14.1. The molecule has 1 fully saturated rings. The smallest absolute Gasteiger partial charge is 0.241 e. The summed E-state index contributed by atoms with van der Waals surface area (Å²) in [6.45, 7) is 6.99. The Morgan fingerprint density at radius 2 is 1.96 bits per heavy atom. The zero-order valence-electron chi connectivity index (χ0n) is 15.8. The van der Waals surface area contributed by atoms with Crippen molar-refractivity contribution >= 4 is 28.5 Å². The quantitative estimate of drug-likeness (QED) is 0.706. The molecular weight excluding hydrogens is 364 g/mol. The van der Waals surface area contributed by atoms with Crippen molar-refractivity contribution in [1.29, 1.82) is 0 Å². The van der Waals surface area contributed by atoms with Crippen molar-refractivity contribution in [2.45, 2.75) is 52.6 Å². The maximum Gasteiger partial charge on any atom is 0.241 e. The summed E-state index contributed by atoms with van der Waals surface area (Å²) in [5, 5.41) is 13.6. The number of hydrogen-bond acceptors (Lipinski definition) is 4. The average molecular weight is 387 g/mol. The molecule has 142 valence electrons. The molecule has 0 bridgehead atoms. The van der Waals surface area contributed by atoms with Crippen LogP contribution in [0.3, 0.4) is 0 Å². The molecule has 0 saturated heterocycles. The standard InChI is InChI=1S/C19H23ClN6O/c1-11-17-15(14-4-5-14)6-7-22-19(17)26(23-11)10-16(27)21-8-9-25-13(3)18(20)12(2)24-25/h6-7,14H,4-5,8-10H2,1-3H3,(H,21,27). The van der Waals surface area contributed by atoms with Gasteiger partial charge in [0.25, 0.3) is 0 Å². The molecule has 3 aromatic rings. The Hall–Kier alpha value is -2.41. The average Bonchev–Trinajstić information content (AvgIpc) is 3.40. The third-order valence-electron chi connectivity index (χ3n) is 5.09. The Morgan fingerprint density at radius 1 is 1.22 bits per heavy atom. The first-order valence-corrected chi connectivity index (χ1v) is 9.61. The van der Waals surface area contributed by atoms with E-state index in [2.05, 4.69) is 26.6 Å². The number of halogens is 1. The van der Waals surface area contributed by atoms with Gasteiger partial charge in [-0.15, -0.1) is 0 Å². The van der Waals surface area contributed by atoms with Gasteiger partial charge < -0.3 is 5.32 Å². The molecule has 0 unspecified atom stereocenters. The van der Waals surface area contributed by atoms with E-state index in [1.807, 2.05) is 31.6 Å². The van der Waals surface area contributed by atoms with Crippen LogP contribution in [-0.2, 0) is 17.9 Å². The van der Waals surface area contributed by atoms with Crippen molar-refractivity contribution < 1.29 is 4.79 Å². The molecule has 0 aliphatic heterocycles. The second-order valence-electron chi connectivity index (χ2n) is 7.17. The van der Waals surface area contributed by atoms with Gasteiger partial charge in [-0.2, -0.15) is 10.2 Å². The maximum absolute atomic E-state index is 12.4. The predicted octanol–water partition coefficient (Wildman–Crippen LogP) is 2.90. The summed E-state index contributed by atoms with van der Waals surface area (Å²) in [7, 11) is 0. The fraction of sp³-hybridized carbons (Fsp3) is 0.474. The molecule has 0 aromatic carbocycles. The first-order chi connectivity index (χ1) is 13.0. The van der Waals surface area contributed by atoms with Crippen molar-refractivity contribution in [2.24, 2.45) is 0 Å². The van der Waals surface area contributed by atoms with Gasteiger partial charge in [-0.1, -0.05) is 11.6 Å². The second-order valence-corrected chi connectivity index (χ2v) is 7.55. The van der Waals surface area contributed by atoms with Gasteiger partial charge in [0.05, 0.1) is 28.6 Å². The highest BCUT2D eigenvalue weighted by Gasteiger charge is 2.27. The van der Waals surface area contributed by atoms with E-state index in [-0.39, 0.29) is 12.5 Å². The molecule has 8 heteroatoms. The lowest BCUT2D eigenvalue weighted by atomic mass is 10.1. The molecule has 0 spiro atoms. The Kier molecular flexibility index (Phi) is 4.63. The highest BCUT2D eigenvalue weighted by molar-refractivity contribution is 6.31. The molecule has 3 heterocycles. The number of pyridine rings is 1. The molecule has 1 saturated carbocycles. The van der Waals surface area contributed by atoms with Crippen molar-refractivity contribution in [3.8, 4) is 0 Å². The Balaban J connectivity index is 1.42. The van der Waals surface area contributed by atoms with Gasteiger partial charge in [-0.05, 0) is 51.2 Å². The van der Waals surface area contributed by atoms with Crippen molar-refractivity contribution in [1.82, 2.24) is 29.9 Å². The van der Waals surface area contributed by atoms with Crippen LogP contribution in [-0.4, -0.2) is 37.0 Å². The van der Waals surface area contributed by atoms with E-state index in [4.69, 9.17) is 11.6 Å². The molecule has 4 rings (SSSR count). The molecule has 1 aliphatic carbocycles. The molecular formula is C19H23ClN6O. The van der Waals surface area contributed by atoms with Gasteiger partial charge in [-0.25, -0.2) is 9.67 Å². The van der Waals surface area contributed by atoms with Crippen LogP contribution in [0.15, 0.2) is 12.3 Å². The number of nitrogens with one attached hydrogen (secondary N) is 1. The van der Waals surface area contributed by atoms with E-state index in [0.29, 0.717) is 24.0 Å². The summed E-state index contributed by atoms with van der Waals surface area (Å²) < 4.78 is 3.51. The minimum Gasteiger partial charge on any atom is -0.353 e. The summed E-state index contributed by atoms with van der Waals surface area (Å²) in [4.78, 5) is 16.9. The van der Waals surface area contributed by atoms with Crippen LogP contribution >= 0.6 is 11.6 Å². The number of carbonyl (C=O) groups is 1. The second kappa shape index (κ2) is 6.96. The van der Waals surface area contributed by atoms with E-state index in [1.165, 1.54) is 18.4 Å². The summed E-state index contributed by atoms with van der Waals surface area (Å²) in [5.74, 6) is 0.527. The predicted molar refractivity (Wildman–Crippen MR) is 104 cm³/mol. The van der Waals surface area contributed by atoms with E-state index < -0.39 is 0 Å². The summed E-state index contributed by atoms with van der Waals surface area (Å²) in [6.07, 6.45) is 4.26. The highest BCUT2D eigenvalue weighted by atomic mass is 35.5. The molecule has 0 radical (unpaired) electrons. The fourth-order valence-electron chi connectivity index (χ4n) is 3.54. The van der Waals surface area contributed by atoms with Crippen molar-refractivity contribution in [2.75, 3.05) is 6.54 Å². The number of amides is 1. The molecule has 1 N–H and O–H groups in total. The molecule has 27 heavy (non-hydrogen) atoms. The van der Waals surface area contributed by atoms with Gasteiger partial charge in [0.15, 0.2) is 5.65 Å². The van der Waals surface area contributed by atoms with Gasteiger partial charge in [-0.3, -0.25) is 9.48 Å². The number of aryl methyl sites for hydroxylation is 2. The van der Waals surface area contributed by atoms with E-state index in [0.717, 1.165) is 28.1 Å². The SMILES string of the molecule is Cc1nn(CCNC(=O)Cn2nc(C)c3c(C4CC4)ccnc32)c(C)c1Cl. The minimum atomic E-state index is -0.0920. The Labute approximate surface area is 162 Å². The lowest BCUT2D eigenvalue weighted by Gasteiger charge is -2.08. The first-order valence-electron chi connectivity index (χ1n) is 9.24. The number of fused-ring (bicyclic) bond motifs is 1. The lowest BCUT2D eigenvalue weighted by Crippen LogP contribution is -2.31. The fourth-order valence-corrected chi connectivity index (χ4v) is 3.68. The zero-order chi connectivity index (χ0) is 19.1. The summed E-state index contributed by atoms with van der Waals surface area (Å²) in [6, 6.07) is 2.08. The topological polar surface area (TPSA) is 77.6 Å². The number of hydrogen-bond donors (Lipinski definition) is 1. The zero-order valence-corrected chi connectivity index (χ0v) is 16.5. The molecule has 1 aliphatic rings. The third kappa shape index (κ3) is 3.43. The van der Waals surface area contributed by atoms with Gasteiger partial charge >= 0.3 is 0 Å². The minimum absolute atomic E-state index is 0.0920. The molecule has 3 aromatic heterocycles. The first kappa shape index (κ1) is 18.0. The van der Waals surface area contributed by atoms with Crippen LogP contribution in [0.25, 0.3) is 11.0 Å². The lowest BCUT2D eigenvalue weighted by molar-refractivity contribution is -0.121. The van der Waals surface area contributed by atoms with E-state index in [1.54, 1.807) is 4.68 Å². The van der Waals surface area contributed by atoms with Crippen LogP contribution < -0.4 is 5.32 Å². The molecule has 7 nitrogen and oxygen atoms in total. The number of nitrogens with zero attached hydrogens (tertiary/aromatic N) is 5. The van der Waals surface area contributed by atoms with Gasteiger partial charge in [0.2, 0.25) is 5.91 Å². The third-order valence-corrected chi connectivity index (χ3v) is 5.64. The van der Waals surface area contributed by atoms with E-state index in [9.17, 15) is 4.79 Å². The van der Waals surface area contributed by atoms with Crippen LogP contribution in [0, 0.1) is 20.8 Å². The van der Waals surface area contributed by atoms with Gasteiger partial charge in [0.1, 0.15) is 6.54 Å². The van der Waals surface area contributed by atoms with E-state index >= 15 is 0 Å².